The van der Waals surface area contributed by atoms with Gasteiger partial charge in [-0.1, -0.05) is 68.8 Å². The van der Waals surface area contributed by atoms with E-state index in [9.17, 15) is 4.79 Å². The molecule has 0 atom stereocenters. The second-order valence-electron chi connectivity index (χ2n) is 5.20. The van der Waals surface area contributed by atoms with Crippen molar-refractivity contribution in [1.82, 2.24) is 0 Å². The molecule has 0 aliphatic rings. The molecular weight excluding hydrogens is 244 g/mol. The van der Waals surface area contributed by atoms with Crippen LogP contribution in [0.4, 0.5) is 0 Å². The lowest BCUT2D eigenvalue weighted by atomic mass is 9.99. The summed E-state index contributed by atoms with van der Waals surface area (Å²) in [6, 6.07) is 16.7. The number of benzene rings is 2. The van der Waals surface area contributed by atoms with Crippen LogP contribution in [0.3, 0.4) is 0 Å². The molecule has 0 N–H and O–H groups in total. The Bertz CT molecular complexity index is 549. The van der Waals surface area contributed by atoms with E-state index in [0.717, 1.165) is 18.4 Å². The predicted molar refractivity (Wildman–Crippen MR) is 85.1 cm³/mol. The first-order chi connectivity index (χ1) is 9.74. The Hall–Kier alpha value is -1.89. The van der Waals surface area contributed by atoms with Gasteiger partial charge in [0.05, 0.1) is 0 Å². The molecule has 0 bridgehead atoms. The molecule has 0 fully saturated rings. The Morgan fingerprint density at radius 2 is 1.35 bits per heavy atom. The highest BCUT2D eigenvalue weighted by Crippen LogP contribution is 2.21. The third kappa shape index (κ3) is 3.57. The molecule has 0 amide bonds. The van der Waals surface area contributed by atoms with Gasteiger partial charge in [-0.2, -0.15) is 0 Å². The average molecular weight is 266 g/mol. The summed E-state index contributed by atoms with van der Waals surface area (Å²) >= 11 is 0. The van der Waals surface area contributed by atoms with E-state index in [-0.39, 0.29) is 5.78 Å². The van der Waals surface area contributed by atoms with Crippen LogP contribution in [0.15, 0.2) is 48.5 Å². The van der Waals surface area contributed by atoms with Crippen molar-refractivity contribution in [3.63, 3.8) is 0 Å². The highest BCUT2D eigenvalue weighted by molar-refractivity contribution is 5.96. The van der Waals surface area contributed by atoms with E-state index >= 15 is 0 Å². The smallest absolute Gasteiger partial charge is 0.162 e. The molecule has 0 aromatic heterocycles. The van der Waals surface area contributed by atoms with Crippen molar-refractivity contribution in [3.05, 3.63) is 59.7 Å². The molecule has 0 saturated heterocycles. The van der Waals surface area contributed by atoms with Crippen molar-refractivity contribution < 1.29 is 4.79 Å². The van der Waals surface area contributed by atoms with Crippen molar-refractivity contribution in [2.24, 2.45) is 0 Å². The molecule has 2 aromatic carbocycles. The molecule has 104 valence electrons. The summed E-state index contributed by atoms with van der Waals surface area (Å²) in [5.74, 6) is 0.234. The summed E-state index contributed by atoms with van der Waals surface area (Å²) in [6.07, 6.45) is 3.84. The van der Waals surface area contributed by atoms with E-state index < -0.39 is 0 Å². The molecule has 0 heterocycles. The number of hydrogen-bond donors (Lipinski definition) is 0. The van der Waals surface area contributed by atoms with Crippen LogP contribution in [-0.2, 0) is 6.42 Å². The largest absolute Gasteiger partial charge is 0.294 e. The SMILES string of the molecule is CCCC(=O)c1ccc(-c2ccc(CCC)cc2)cc1. The average Bonchev–Trinajstić information content (AvgIpc) is 2.49. The van der Waals surface area contributed by atoms with Crippen LogP contribution in [0.25, 0.3) is 11.1 Å². The van der Waals surface area contributed by atoms with Crippen LogP contribution < -0.4 is 0 Å². The van der Waals surface area contributed by atoms with Crippen LogP contribution in [-0.4, -0.2) is 5.78 Å². The molecule has 0 radical (unpaired) electrons. The molecule has 20 heavy (non-hydrogen) atoms. The maximum absolute atomic E-state index is 11.8. The van der Waals surface area contributed by atoms with Gasteiger partial charge in [0.15, 0.2) is 5.78 Å². The number of carbonyl (C=O) groups excluding carboxylic acids is 1. The summed E-state index contributed by atoms with van der Waals surface area (Å²) in [5, 5.41) is 0. The van der Waals surface area contributed by atoms with Gasteiger partial charge in [-0.3, -0.25) is 4.79 Å². The van der Waals surface area contributed by atoms with E-state index in [1.54, 1.807) is 0 Å². The number of carbonyl (C=O) groups is 1. The van der Waals surface area contributed by atoms with Gasteiger partial charge < -0.3 is 0 Å². The fourth-order valence-electron chi connectivity index (χ4n) is 2.37. The zero-order valence-electron chi connectivity index (χ0n) is 12.4. The van der Waals surface area contributed by atoms with Gasteiger partial charge in [0, 0.05) is 12.0 Å². The van der Waals surface area contributed by atoms with Crippen LogP contribution in [0.1, 0.15) is 49.0 Å². The van der Waals surface area contributed by atoms with Crippen molar-refractivity contribution in [1.29, 1.82) is 0 Å². The Kier molecular flexibility index (Phi) is 5.11. The zero-order chi connectivity index (χ0) is 14.4. The van der Waals surface area contributed by atoms with Crippen molar-refractivity contribution in [2.45, 2.75) is 39.5 Å². The summed E-state index contributed by atoms with van der Waals surface area (Å²) in [7, 11) is 0. The number of Topliss-reactive ketones (excluding diaryl/α,β-unsaturated/α-hetero) is 1. The van der Waals surface area contributed by atoms with Gasteiger partial charge in [0.2, 0.25) is 0 Å². The van der Waals surface area contributed by atoms with Crippen LogP contribution in [0, 0.1) is 0 Å². The van der Waals surface area contributed by atoms with Gasteiger partial charge in [0.25, 0.3) is 0 Å². The minimum absolute atomic E-state index is 0.234. The normalized spacial score (nSPS) is 10.5. The molecule has 0 spiro atoms. The van der Waals surface area contributed by atoms with E-state index in [0.29, 0.717) is 6.42 Å². The van der Waals surface area contributed by atoms with Crippen molar-refractivity contribution in [3.8, 4) is 11.1 Å². The molecule has 0 aliphatic carbocycles. The summed E-state index contributed by atoms with van der Waals surface area (Å²) in [5.41, 5.74) is 4.57. The molecule has 2 rings (SSSR count). The van der Waals surface area contributed by atoms with Gasteiger partial charge in [-0.15, -0.1) is 0 Å². The fourth-order valence-corrected chi connectivity index (χ4v) is 2.37. The lowest BCUT2D eigenvalue weighted by molar-refractivity contribution is 0.0982. The summed E-state index contributed by atoms with van der Waals surface area (Å²) in [6.45, 7) is 4.23. The highest BCUT2D eigenvalue weighted by Gasteiger charge is 2.05. The third-order valence-corrected chi connectivity index (χ3v) is 3.51. The van der Waals surface area contributed by atoms with Crippen molar-refractivity contribution in [2.75, 3.05) is 0 Å². The maximum Gasteiger partial charge on any atom is 0.162 e. The second kappa shape index (κ2) is 7.04. The molecule has 0 saturated carbocycles. The standard InChI is InChI=1S/C19H22O/c1-3-5-15-7-9-16(10-8-15)17-11-13-18(14-12-17)19(20)6-4-2/h7-14H,3-6H2,1-2H3. The first kappa shape index (κ1) is 14.5. The first-order valence-corrected chi connectivity index (χ1v) is 7.47. The minimum atomic E-state index is 0.234. The molecule has 0 unspecified atom stereocenters. The van der Waals surface area contributed by atoms with Gasteiger partial charge in [-0.05, 0) is 29.5 Å². The van der Waals surface area contributed by atoms with Gasteiger partial charge in [0.1, 0.15) is 0 Å². The highest BCUT2D eigenvalue weighted by atomic mass is 16.1. The van der Waals surface area contributed by atoms with Crippen LogP contribution in [0.2, 0.25) is 0 Å². The number of aryl methyl sites for hydroxylation is 1. The molecule has 1 nitrogen and oxygen atoms in total. The Morgan fingerprint density at radius 1 is 0.800 bits per heavy atom. The molecule has 2 aromatic rings. The quantitative estimate of drug-likeness (QED) is 0.649. The van der Waals surface area contributed by atoms with Crippen molar-refractivity contribution >= 4 is 5.78 Å². The fraction of sp³-hybridized carbons (Fsp3) is 0.316. The molecular formula is C19H22O. The zero-order valence-corrected chi connectivity index (χ0v) is 12.4. The summed E-state index contributed by atoms with van der Waals surface area (Å²) < 4.78 is 0. The third-order valence-electron chi connectivity index (χ3n) is 3.51. The van der Waals surface area contributed by atoms with Gasteiger partial charge in [-0.25, -0.2) is 0 Å². The van der Waals surface area contributed by atoms with E-state index in [1.165, 1.54) is 23.1 Å². The molecule has 1 heteroatoms. The first-order valence-electron chi connectivity index (χ1n) is 7.47. The van der Waals surface area contributed by atoms with Crippen LogP contribution >= 0.6 is 0 Å². The molecule has 0 aliphatic heterocycles. The minimum Gasteiger partial charge on any atom is -0.294 e. The Balaban J connectivity index is 2.15. The summed E-state index contributed by atoms with van der Waals surface area (Å²) in [4.78, 5) is 11.8. The number of ketones is 1. The van der Waals surface area contributed by atoms with Crippen LogP contribution in [0.5, 0.6) is 0 Å². The van der Waals surface area contributed by atoms with E-state index in [1.807, 2.05) is 31.2 Å². The predicted octanol–water partition coefficient (Wildman–Crippen LogP) is 5.29. The lowest BCUT2D eigenvalue weighted by Crippen LogP contribution is -1.97. The topological polar surface area (TPSA) is 17.1 Å². The van der Waals surface area contributed by atoms with E-state index in [2.05, 4.69) is 31.2 Å². The second-order valence-corrected chi connectivity index (χ2v) is 5.20. The number of rotatable bonds is 6. The maximum atomic E-state index is 11.8. The number of hydrogen-bond acceptors (Lipinski definition) is 1. The Labute approximate surface area is 121 Å². The lowest BCUT2D eigenvalue weighted by Gasteiger charge is -2.05. The van der Waals surface area contributed by atoms with Gasteiger partial charge >= 0.3 is 0 Å². The van der Waals surface area contributed by atoms with E-state index in [4.69, 9.17) is 0 Å². The monoisotopic (exact) mass is 266 g/mol. The Morgan fingerprint density at radius 3 is 1.85 bits per heavy atom.